The number of nitrogens with zero attached hydrogens (tertiary/aromatic N) is 3. The first-order valence-corrected chi connectivity index (χ1v) is 9.49. The van der Waals surface area contributed by atoms with Crippen LogP contribution in [-0.2, 0) is 4.74 Å². The lowest BCUT2D eigenvalue weighted by atomic mass is 10.2. The van der Waals surface area contributed by atoms with E-state index in [2.05, 4.69) is 30.8 Å². The molecular weight excluding hydrogens is 392 g/mol. The van der Waals surface area contributed by atoms with Gasteiger partial charge in [-0.1, -0.05) is 17.7 Å². The molecule has 29 heavy (non-hydrogen) atoms. The van der Waals surface area contributed by atoms with Crippen molar-refractivity contribution in [2.24, 2.45) is 0 Å². The SMILES string of the molecule is CC(C)(C)OC(=O)NCC(Nc1cccc(Cl)c1)c1nc(-c2ccncc2)n[nH]1. The number of aromatic amines is 1. The summed E-state index contributed by atoms with van der Waals surface area (Å²) in [5.41, 5.74) is 1.04. The summed E-state index contributed by atoms with van der Waals surface area (Å²) in [6.45, 7) is 5.66. The zero-order valence-electron chi connectivity index (χ0n) is 16.4. The predicted octanol–water partition coefficient (Wildman–Crippen LogP) is 4.20. The summed E-state index contributed by atoms with van der Waals surface area (Å²) in [5.74, 6) is 1.10. The zero-order chi connectivity index (χ0) is 20.9. The zero-order valence-corrected chi connectivity index (χ0v) is 17.2. The highest BCUT2D eigenvalue weighted by molar-refractivity contribution is 6.30. The lowest BCUT2D eigenvalue weighted by Crippen LogP contribution is -2.36. The second-order valence-electron chi connectivity index (χ2n) is 7.37. The van der Waals surface area contributed by atoms with E-state index in [1.165, 1.54) is 0 Å². The first-order chi connectivity index (χ1) is 13.8. The number of halogens is 1. The Labute approximate surface area is 174 Å². The first-order valence-electron chi connectivity index (χ1n) is 9.12. The Morgan fingerprint density at radius 2 is 2.00 bits per heavy atom. The summed E-state index contributed by atoms with van der Waals surface area (Å²) in [6.07, 6.45) is 2.85. The maximum absolute atomic E-state index is 12.1. The fourth-order valence-corrected chi connectivity index (χ4v) is 2.75. The summed E-state index contributed by atoms with van der Waals surface area (Å²) in [7, 11) is 0. The number of benzene rings is 1. The minimum Gasteiger partial charge on any atom is -0.444 e. The highest BCUT2D eigenvalue weighted by Gasteiger charge is 2.21. The van der Waals surface area contributed by atoms with Crippen molar-refractivity contribution in [1.82, 2.24) is 25.5 Å². The normalized spacial score (nSPS) is 12.3. The Bertz CT molecular complexity index is 955. The standard InChI is InChI=1S/C20H23ClN6O2/c1-20(2,3)29-19(28)23-12-16(24-15-6-4-5-14(21)11-15)18-25-17(26-27-18)13-7-9-22-10-8-13/h4-11,16,24H,12H2,1-3H3,(H,23,28)(H,25,26,27). The molecule has 9 heteroatoms. The average molecular weight is 415 g/mol. The van der Waals surface area contributed by atoms with Gasteiger partial charge in [-0.2, -0.15) is 5.10 Å². The second-order valence-corrected chi connectivity index (χ2v) is 7.81. The number of hydrogen-bond donors (Lipinski definition) is 3. The van der Waals surface area contributed by atoms with E-state index in [0.29, 0.717) is 16.7 Å². The molecule has 1 unspecified atom stereocenters. The predicted molar refractivity (Wildman–Crippen MR) is 112 cm³/mol. The van der Waals surface area contributed by atoms with Crippen LogP contribution in [0.1, 0.15) is 32.6 Å². The number of carbonyl (C=O) groups is 1. The highest BCUT2D eigenvalue weighted by Crippen LogP contribution is 2.22. The van der Waals surface area contributed by atoms with Gasteiger partial charge in [-0.25, -0.2) is 9.78 Å². The van der Waals surface area contributed by atoms with Crippen molar-refractivity contribution < 1.29 is 9.53 Å². The molecule has 0 radical (unpaired) electrons. The van der Waals surface area contributed by atoms with Crippen molar-refractivity contribution in [1.29, 1.82) is 0 Å². The van der Waals surface area contributed by atoms with E-state index in [9.17, 15) is 4.79 Å². The van der Waals surface area contributed by atoms with Crippen LogP contribution in [-0.4, -0.2) is 38.4 Å². The summed E-state index contributed by atoms with van der Waals surface area (Å²) in [6, 6.07) is 10.6. The Balaban J connectivity index is 1.79. The number of ether oxygens (including phenoxy) is 1. The minimum atomic E-state index is -0.583. The molecule has 0 spiro atoms. The van der Waals surface area contributed by atoms with Crippen molar-refractivity contribution in [3.05, 3.63) is 59.6 Å². The number of H-pyrrole nitrogens is 1. The molecule has 0 saturated carbocycles. The fraction of sp³-hybridized carbons (Fsp3) is 0.300. The van der Waals surface area contributed by atoms with E-state index in [1.807, 2.05) is 45.0 Å². The third kappa shape index (κ3) is 6.18. The van der Waals surface area contributed by atoms with Crippen molar-refractivity contribution in [2.75, 3.05) is 11.9 Å². The van der Waals surface area contributed by atoms with E-state index in [1.54, 1.807) is 24.5 Å². The average Bonchev–Trinajstić information content (AvgIpc) is 3.14. The molecule has 1 aromatic carbocycles. The number of alkyl carbamates (subject to hydrolysis) is 1. The van der Waals surface area contributed by atoms with Crippen LogP contribution in [0.3, 0.4) is 0 Å². The molecule has 0 fully saturated rings. The Morgan fingerprint density at radius 3 is 2.69 bits per heavy atom. The monoisotopic (exact) mass is 414 g/mol. The molecule has 152 valence electrons. The van der Waals surface area contributed by atoms with Gasteiger partial charge >= 0.3 is 6.09 Å². The lowest BCUT2D eigenvalue weighted by Gasteiger charge is -2.22. The van der Waals surface area contributed by atoms with Gasteiger partial charge in [-0.15, -0.1) is 0 Å². The maximum atomic E-state index is 12.1. The molecule has 1 atom stereocenters. The molecule has 0 bridgehead atoms. The number of nitrogens with one attached hydrogen (secondary N) is 3. The number of carbonyl (C=O) groups excluding carboxylic acids is 1. The molecule has 3 N–H and O–H groups in total. The van der Waals surface area contributed by atoms with Crippen LogP contribution >= 0.6 is 11.6 Å². The number of aromatic nitrogens is 4. The topological polar surface area (TPSA) is 105 Å². The van der Waals surface area contributed by atoms with E-state index >= 15 is 0 Å². The summed E-state index contributed by atoms with van der Waals surface area (Å²) >= 11 is 6.09. The first kappa shape index (κ1) is 20.6. The quantitative estimate of drug-likeness (QED) is 0.558. The highest BCUT2D eigenvalue weighted by atomic mass is 35.5. The van der Waals surface area contributed by atoms with Crippen molar-refractivity contribution in [2.45, 2.75) is 32.4 Å². The number of amides is 1. The van der Waals surface area contributed by atoms with Crippen molar-refractivity contribution in [3.8, 4) is 11.4 Å². The summed E-state index contributed by atoms with van der Waals surface area (Å²) in [5, 5.41) is 13.9. The van der Waals surface area contributed by atoms with Gasteiger partial charge in [-0.05, 0) is 51.1 Å². The third-order valence-corrected chi connectivity index (χ3v) is 4.02. The van der Waals surface area contributed by atoms with Crippen LogP contribution in [0.2, 0.25) is 5.02 Å². The number of anilines is 1. The minimum absolute atomic E-state index is 0.229. The van der Waals surface area contributed by atoms with Gasteiger partial charge in [0.25, 0.3) is 0 Å². The third-order valence-electron chi connectivity index (χ3n) is 3.79. The largest absolute Gasteiger partial charge is 0.444 e. The van der Waals surface area contributed by atoms with Gasteiger partial charge in [0.05, 0.1) is 0 Å². The van der Waals surface area contributed by atoms with E-state index in [4.69, 9.17) is 16.3 Å². The molecule has 1 amide bonds. The Hall–Kier alpha value is -3.13. The number of hydrogen-bond acceptors (Lipinski definition) is 6. The molecule has 0 aliphatic carbocycles. The van der Waals surface area contributed by atoms with Gasteiger partial charge in [0.2, 0.25) is 0 Å². The van der Waals surface area contributed by atoms with Gasteiger partial charge < -0.3 is 15.4 Å². The van der Waals surface area contributed by atoms with Gasteiger partial charge in [0, 0.05) is 35.2 Å². The molecule has 2 aromatic heterocycles. The van der Waals surface area contributed by atoms with Crippen molar-refractivity contribution >= 4 is 23.4 Å². The number of pyridine rings is 1. The van der Waals surface area contributed by atoms with Crippen LogP contribution in [0, 0.1) is 0 Å². The molecule has 3 rings (SSSR count). The smallest absolute Gasteiger partial charge is 0.407 e. The van der Waals surface area contributed by atoms with Crippen LogP contribution in [0.4, 0.5) is 10.5 Å². The Kier molecular flexibility index (Phi) is 6.33. The molecule has 3 aromatic rings. The van der Waals surface area contributed by atoms with E-state index < -0.39 is 11.7 Å². The van der Waals surface area contributed by atoms with Gasteiger partial charge in [0.15, 0.2) is 5.82 Å². The molecule has 2 heterocycles. The van der Waals surface area contributed by atoms with Gasteiger partial charge in [0.1, 0.15) is 17.5 Å². The molecule has 8 nitrogen and oxygen atoms in total. The van der Waals surface area contributed by atoms with Crippen LogP contribution in [0.5, 0.6) is 0 Å². The maximum Gasteiger partial charge on any atom is 0.407 e. The second kappa shape index (κ2) is 8.91. The van der Waals surface area contributed by atoms with E-state index in [-0.39, 0.29) is 12.6 Å². The van der Waals surface area contributed by atoms with Gasteiger partial charge in [-0.3, -0.25) is 10.1 Å². The summed E-state index contributed by atoms with van der Waals surface area (Å²) < 4.78 is 5.32. The van der Waals surface area contributed by atoms with Crippen molar-refractivity contribution in [3.63, 3.8) is 0 Å². The molecular formula is C20H23ClN6O2. The molecule has 0 aliphatic rings. The summed E-state index contributed by atoms with van der Waals surface area (Å²) in [4.78, 5) is 20.7. The van der Waals surface area contributed by atoms with Crippen LogP contribution < -0.4 is 10.6 Å². The fourth-order valence-electron chi connectivity index (χ4n) is 2.56. The number of rotatable bonds is 6. The van der Waals surface area contributed by atoms with Crippen LogP contribution in [0.25, 0.3) is 11.4 Å². The lowest BCUT2D eigenvalue weighted by molar-refractivity contribution is 0.0525. The Morgan fingerprint density at radius 1 is 1.24 bits per heavy atom. The van der Waals surface area contributed by atoms with E-state index in [0.717, 1.165) is 11.3 Å². The molecule has 0 saturated heterocycles. The van der Waals surface area contributed by atoms with Crippen LogP contribution in [0.15, 0.2) is 48.8 Å². The molecule has 0 aliphatic heterocycles.